The number of hydrogen-bond acceptors (Lipinski definition) is 5. The fraction of sp³-hybridized carbons (Fsp3) is 0.282. The number of aryl methyl sites for hydroxylation is 4. The largest absolute Gasteiger partial charge is 0.384 e. The number of imidazole rings is 1. The number of carbonyl (C=O) groups is 2. The van der Waals surface area contributed by atoms with Crippen LogP contribution in [0.3, 0.4) is 0 Å². The molecule has 0 spiro atoms. The smallest absolute Gasteiger partial charge is 0.253 e. The molecule has 0 fully saturated rings. The van der Waals surface area contributed by atoms with Gasteiger partial charge in [-0.15, -0.1) is 0 Å². The van der Waals surface area contributed by atoms with E-state index in [2.05, 4.69) is 22.0 Å². The van der Waals surface area contributed by atoms with Gasteiger partial charge in [0.2, 0.25) is 5.91 Å². The summed E-state index contributed by atoms with van der Waals surface area (Å²) >= 11 is 0. The molecule has 0 bridgehead atoms. The molecule has 4 aromatic carbocycles. The summed E-state index contributed by atoms with van der Waals surface area (Å²) in [5.41, 5.74) is 17.9. The van der Waals surface area contributed by atoms with Gasteiger partial charge in [-0.1, -0.05) is 84.9 Å². The number of nitrogens with zero attached hydrogens (tertiary/aromatic N) is 3. The van der Waals surface area contributed by atoms with Crippen LogP contribution in [0.1, 0.15) is 51.3 Å². The zero-order chi connectivity index (χ0) is 33.7. The van der Waals surface area contributed by atoms with Crippen molar-refractivity contribution in [3.8, 4) is 0 Å². The van der Waals surface area contributed by atoms with Gasteiger partial charge in [-0.25, -0.2) is 4.98 Å². The number of hydrogen-bond donors (Lipinski definition) is 4. The predicted molar refractivity (Wildman–Crippen MR) is 192 cm³/mol. The second-order valence-electron chi connectivity index (χ2n) is 12.0. The first-order valence-electron chi connectivity index (χ1n) is 16.7. The Kier molecular flexibility index (Phi) is 12.1. The molecule has 1 heterocycles. The monoisotopic (exact) mass is 643 g/mol. The highest BCUT2D eigenvalue weighted by molar-refractivity contribution is 5.97. The van der Waals surface area contributed by atoms with Crippen molar-refractivity contribution >= 4 is 28.7 Å². The summed E-state index contributed by atoms with van der Waals surface area (Å²) in [7, 11) is 0. The molecule has 0 aliphatic carbocycles. The SMILES string of the molecule is N=C(N)c1ccc(CCc2nc3cc(C(=O)N(CCN)CCCc4ccccc4)ccc3n2CCCNC(=O)Cc2ccccc2)cc1. The van der Waals surface area contributed by atoms with Crippen LogP contribution in [0.25, 0.3) is 11.0 Å². The van der Waals surface area contributed by atoms with E-state index in [0.717, 1.165) is 53.7 Å². The standard InChI is InChI=1S/C39H45N7O2/c40-22-26-45(24-7-13-29-9-3-1-4-10-29)39(48)33-19-20-35-34(28-33)44-36(21-16-30-14-17-32(18-15-30)38(41)42)46(35)25-8-23-43-37(47)27-31-11-5-2-6-12-31/h1-6,9-12,14-15,17-20,28H,7-8,13,16,21-27,40H2,(H3,41,42)(H,43,47). The van der Waals surface area contributed by atoms with Gasteiger partial charge in [0.25, 0.3) is 5.91 Å². The van der Waals surface area contributed by atoms with E-state index < -0.39 is 0 Å². The Labute approximate surface area is 282 Å². The number of nitrogens with one attached hydrogen (secondary N) is 2. The molecule has 0 saturated heterocycles. The van der Waals surface area contributed by atoms with Gasteiger partial charge in [-0.05, 0) is 60.6 Å². The van der Waals surface area contributed by atoms with E-state index in [1.165, 1.54) is 5.56 Å². The third-order valence-corrected chi connectivity index (χ3v) is 8.49. The van der Waals surface area contributed by atoms with Crippen molar-refractivity contribution in [2.75, 3.05) is 26.2 Å². The number of nitrogens with two attached hydrogens (primary N) is 2. The van der Waals surface area contributed by atoms with Crippen molar-refractivity contribution in [1.82, 2.24) is 19.8 Å². The molecule has 1 aromatic heterocycles. The molecule has 48 heavy (non-hydrogen) atoms. The predicted octanol–water partition coefficient (Wildman–Crippen LogP) is 4.89. The second kappa shape index (κ2) is 17.0. The van der Waals surface area contributed by atoms with E-state index in [1.54, 1.807) is 0 Å². The van der Waals surface area contributed by atoms with Gasteiger partial charge in [0, 0.05) is 50.3 Å². The van der Waals surface area contributed by atoms with Crippen LogP contribution in [0.15, 0.2) is 103 Å². The molecule has 2 amide bonds. The zero-order valence-corrected chi connectivity index (χ0v) is 27.4. The first kappa shape index (κ1) is 34.1. The van der Waals surface area contributed by atoms with Crippen LogP contribution >= 0.6 is 0 Å². The minimum atomic E-state index is -0.0433. The molecule has 0 atom stereocenters. The molecular weight excluding hydrogens is 598 g/mol. The number of amidine groups is 1. The number of aromatic nitrogens is 2. The number of benzene rings is 4. The quantitative estimate of drug-likeness (QED) is 0.0649. The lowest BCUT2D eigenvalue weighted by Crippen LogP contribution is -2.36. The molecule has 0 aliphatic heterocycles. The Morgan fingerprint density at radius 1 is 0.771 bits per heavy atom. The van der Waals surface area contributed by atoms with E-state index in [4.69, 9.17) is 21.9 Å². The number of fused-ring (bicyclic) bond motifs is 1. The lowest BCUT2D eigenvalue weighted by molar-refractivity contribution is -0.120. The number of amides is 2. The summed E-state index contributed by atoms with van der Waals surface area (Å²) in [6, 6.07) is 33.5. The molecule has 248 valence electrons. The topological polar surface area (TPSA) is 143 Å². The third-order valence-electron chi connectivity index (χ3n) is 8.49. The molecule has 6 N–H and O–H groups in total. The molecule has 0 aliphatic rings. The fourth-order valence-corrected chi connectivity index (χ4v) is 5.94. The lowest BCUT2D eigenvalue weighted by atomic mass is 10.1. The Bertz CT molecular complexity index is 1800. The minimum absolute atomic E-state index is 0.000114. The average molecular weight is 644 g/mol. The summed E-state index contributed by atoms with van der Waals surface area (Å²) in [5.74, 6) is 0.923. The second-order valence-corrected chi connectivity index (χ2v) is 12.0. The molecule has 9 nitrogen and oxygen atoms in total. The van der Waals surface area contributed by atoms with Crippen LogP contribution in [0.4, 0.5) is 0 Å². The van der Waals surface area contributed by atoms with Crippen molar-refractivity contribution < 1.29 is 9.59 Å². The Hall–Kier alpha value is -5.28. The lowest BCUT2D eigenvalue weighted by Gasteiger charge is -2.22. The highest BCUT2D eigenvalue weighted by atomic mass is 16.2. The minimum Gasteiger partial charge on any atom is -0.384 e. The molecule has 5 rings (SSSR count). The number of nitrogen functional groups attached to an aromatic ring is 1. The van der Waals surface area contributed by atoms with Crippen molar-refractivity contribution in [3.05, 3.63) is 137 Å². The molecule has 9 heteroatoms. The van der Waals surface area contributed by atoms with Gasteiger partial charge in [-0.2, -0.15) is 0 Å². The van der Waals surface area contributed by atoms with E-state index in [9.17, 15) is 9.59 Å². The van der Waals surface area contributed by atoms with Gasteiger partial charge in [0.15, 0.2) is 0 Å². The highest BCUT2D eigenvalue weighted by Gasteiger charge is 2.18. The Morgan fingerprint density at radius 3 is 2.12 bits per heavy atom. The summed E-state index contributed by atoms with van der Waals surface area (Å²) in [6.45, 7) is 2.73. The Balaban J connectivity index is 1.29. The molecule has 0 saturated carbocycles. The van der Waals surface area contributed by atoms with E-state index in [1.807, 2.05) is 95.9 Å². The number of rotatable bonds is 17. The number of carbonyl (C=O) groups excluding carboxylic acids is 2. The molecule has 0 unspecified atom stereocenters. The third kappa shape index (κ3) is 9.39. The maximum Gasteiger partial charge on any atom is 0.253 e. The Morgan fingerprint density at radius 2 is 1.44 bits per heavy atom. The zero-order valence-electron chi connectivity index (χ0n) is 27.4. The van der Waals surface area contributed by atoms with Crippen molar-refractivity contribution in [2.24, 2.45) is 11.5 Å². The van der Waals surface area contributed by atoms with Crippen molar-refractivity contribution in [3.63, 3.8) is 0 Å². The summed E-state index contributed by atoms with van der Waals surface area (Å²) in [6.07, 6.45) is 4.28. The van der Waals surface area contributed by atoms with Crippen LogP contribution in [0.2, 0.25) is 0 Å². The van der Waals surface area contributed by atoms with Gasteiger partial charge >= 0.3 is 0 Å². The van der Waals surface area contributed by atoms with Crippen LogP contribution in [0.5, 0.6) is 0 Å². The summed E-state index contributed by atoms with van der Waals surface area (Å²) < 4.78 is 2.20. The molecule has 5 aromatic rings. The van der Waals surface area contributed by atoms with E-state index in [0.29, 0.717) is 56.7 Å². The molecular formula is C39H45N7O2. The fourth-order valence-electron chi connectivity index (χ4n) is 5.94. The van der Waals surface area contributed by atoms with Crippen LogP contribution < -0.4 is 16.8 Å². The highest BCUT2D eigenvalue weighted by Crippen LogP contribution is 2.22. The maximum absolute atomic E-state index is 13.7. The first-order chi connectivity index (χ1) is 23.4. The van der Waals surface area contributed by atoms with E-state index in [-0.39, 0.29) is 17.6 Å². The van der Waals surface area contributed by atoms with Crippen LogP contribution in [-0.4, -0.2) is 58.3 Å². The van der Waals surface area contributed by atoms with Crippen molar-refractivity contribution in [1.29, 1.82) is 5.41 Å². The summed E-state index contributed by atoms with van der Waals surface area (Å²) in [4.78, 5) is 33.1. The first-order valence-corrected chi connectivity index (χ1v) is 16.7. The van der Waals surface area contributed by atoms with E-state index >= 15 is 0 Å². The normalized spacial score (nSPS) is 11.0. The van der Waals surface area contributed by atoms with Gasteiger partial charge < -0.3 is 26.3 Å². The van der Waals surface area contributed by atoms with Crippen molar-refractivity contribution in [2.45, 2.75) is 45.1 Å². The van der Waals surface area contributed by atoms with Crippen LogP contribution in [0, 0.1) is 5.41 Å². The average Bonchev–Trinajstić information content (AvgIpc) is 3.46. The summed E-state index contributed by atoms with van der Waals surface area (Å²) in [5, 5.41) is 10.7. The molecule has 0 radical (unpaired) electrons. The van der Waals surface area contributed by atoms with Gasteiger partial charge in [0.05, 0.1) is 17.5 Å². The van der Waals surface area contributed by atoms with Crippen LogP contribution in [-0.2, 0) is 37.0 Å². The van der Waals surface area contributed by atoms with Gasteiger partial charge in [0.1, 0.15) is 11.7 Å². The van der Waals surface area contributed by atoms with Gasteiger partial charge in [-0.3, -0.25) is 15.0 Å². The maximum atomic E-state index is 13.7.